The summed E-state index contributed by atoms with van der Waals surface area (Å²) in [7, 11) is 0. The fourth-order valence-corrected chi connectivity index (χ4v) is 3.49. The van der Waals surface area contributed by atoms with Gasteiger partial charge in [0.2, 0.25) is 11.8 Å². The number of aryl methyl sites for hydroxylation is 3. The average molecular weight is 375 g/mol. The number of piperazine rings is 1. The molecule has 6 heteroatoms. The van der Waals surface area contributed by atoms with Crippen LogP contribution in [0.5, 0.6) is 0 Å². The van der Waals surface area contributed by atoms with Gasteiger partial charge in [-0.25, -0.2) is 0 Å². The van der Waals surface area contributed by atoms with E-state index in [0.29, 0.717) is 13.1 Å². The van der Waals surface area contributed by atoms with Gasteiger partial charge in [-0.2, -0.15) is 0 Å². The van der Waals surface area contributed by atoms with E-state index in [2.05, 4.69) is 46.4 Å². The predicted octanol–water partition coefficient (Wildman–Crippen LogP) is 2.08. The summed E-state index contributed by atoms with van der Waals surface area (Å²) >= 11 is 0. The third-order valence-corrected chi connectivity index (χ3v) is 5.16. The molecule has 1 aromatic rings. The molecule has 0 aromatic heterocycles. The quantitative estimate of drug-likeness (QED) is 0.767. The summed E-state index contributed by atoms with van der Waals surface area (Å²) in [4.78, 5) is 28.8. The second-order valence-corrected chi connectivity index (χ2v) is 7.75. The van der Waals surface area contributed by atoms with Crippen LogP contribution in [-0.4, -0.2) is 66.9 Å². The number of rotatable bonds is 7. The van der Waals surface area contributed by atoms with Crippen LogP contribution in [-0.2, 0) is 9.59 Å². The first-order valence-electron chi connectivity index (χ1n) is 9.90. The van der Waals surface area contributed by atoms with Crippen LogP contribution in [0.25, 0.3) is 0 Å². The Morgan fingerprint density at radius 3 is 1.93 bits per heavy atom. The van der Waals surface area contributed by atoms with E-state index in [9.17, 15) is 9.59 Å². The van der Waals surface area contributed by atoms with Gasteiger partial charge in [-0.05, 0) is 45.2 Å². The van der Waals surface area contributed by atoms with Gasteiger partial charge in [-0.1, -0.05) is 24.6 Å². The number of benzene rings is 1. The Hall–Kier alpha value is -1.92. The molecule has 1 aliphatic rings. The van der Waals surface area contributed by atoms with E-state index in [0.717, 1.165) is 49.4 Å². The van der Waals surface area contributed by atoms with Crippen LogP contribution in [0.4, 0.5) is 5.69 Å². The van der Waals surface area contributed by atoms with Gasteiger partial charge < -0.3 is 10.6 Å². The predicted molar refractivity (Wildman–Crippen MR) is 110 cm³/mol. The molecule has 2 rings (SSSR count). The molecule has 0 saturated carbocycles. The highest BCUT2D eigenvalue weighted by Crippen LogP contribution is 2.21. The summed E-state index contributed by atoms with van der Waals surface area (Å²) in [5, 5.41) is 6.07. The lowest BCUT2D eigenvalue weighted by atomic mass is 10.1. The maximum atomic E-state index is 12.5. The van der Waals surface area contributed by atoms with Crippen LogP contribution < -0.4 is 10.6 Å². The second-order valence-electron chi connectivity index (χ2n) is 7.75. The molecule has 1 saturated heterocycles. The third kappa shape index (κ3) is 6.63. The van der Waals surface area contributed by atoms with E-state index in [-0.39, 0.29) is 17.9 Å². The van der Waals surface area contributed by atoms with E-state index in [1.54, 1.807) is 0 Å². The van der Waals surface area contributed by atoms with Crippen LogP contribution in [0.15, 0.2) is 12.1 Å². The lowest BCUT2D eigenvalue weighted by molar-refractivity contribution is -0.124. The summed E-state index contributed by atoms with van der Waals surface area (Å²) in [6.07, 6.45) is 0.939. The molecule has 0 aliphatic carbocycles. The van der Waals surface area contributed by atoms with Crippen LogP contribution in [0.3, 0.4) is 0 Å². The zero-order valence-corrected chi connectivity index (χ0v) is 17.4. The van der Waals surface area contributed by atoms with Crippen molar-refractivity contribution in [2.75, 3.05) is 44.6 Å². The summed E-state index contributed by atoms with van der Waals surface area (Å²) in [5.74, 6) is 0.105. The molecule has 1 unspecified atom stereocenters. The minimum Gasteiger partial charge on any atom is -0.353 e. The maximum Gasteiger partial charge on any atom is 0.238 e. The van der Waals surface area contributed by atoms with Gasteiger partial charge in [0.25, 0.3) is 0 Å². The standard InChI is InChI=1S/C21H34N4O2/c1-6-18(5)22-19(26)13-24-7-9-25(10-8-24)14-20(27)23-21-16(3)11-15(2)12-17(21)4/h11-12,18H,6-10,13-14H2,1-5H3,(H,22,26)(H,23,27). The summed E-state index contributed by atoms with van der Waals surface area (Å²) in [6.45, 7) is 14.2. The van der Waals surface area contributed by atoms with Crippen molar-refractivity contribution in [3.63, 3.8) is 0 Å². The van der Waals surface area contributed by atoms with Gasteiger partial charge in [-0.15, -0.1) is 0 Å². The van der Waals surface area contributed by atoms with Gasteiger partial charge in [0.1, 0.15) is 0 Å². The molecular weight excluding hydrogens is 340 g/mol. The van der Waals surface area contributed by atoms with Gasteiger partial charge in [-0.3, -0.25) is 19.4 Å². The molecule has 0 radical (unpaired) electrons. The Bertz CT molecular complexity index is 643. The smallest absolute Gasteiger partial charge is 0.238 e. The molecule has 150 valence electrons. The van der Waals surface area contributed by atoms with Crippen LogP contribution in [0.1, 0.15) is 37.0 Å². The minimum absolute atomic E-state index is 0.0213. The highest BCUT2D eigenvalue weighted by molar-refractivity contribution is 5.93. The highest BCUT2D eigenvalue weighted by atomic mass is 16.2. The Labute approximate surface area is 163 Å². The SMILES string of the molecule is CCC(C)NC(=O)CN1CCN(CC(=O)Nc2c(C)cc(C)cc2C)CC1. The summed E-state index contributed by atoms with van der Waals surface area (Å²) < 4.78 is 0. The van der Waals surface area contributed by atoms with Crippen molar-refractivity contribution in [2.45, 2.75) is 47.1 Å². The molecule has 1 heterocycles. The van der Waals surface area contributed by atoms with Crippen molar-refractivity contribution >= 4 is 17.5 Å². The van der Waals surface area contributed by atoms with Gasteiger partial charge in [0.05, 0.1) is 13.1 Å². The molecular formula is C21H34N4O2. The summed E-state index contributed by atoms with van der Waals surface area (Å²) in [6, 6.07) is 4.40. The molecule has 1 aliphatic heterocycles. The Morgan fingerprint density at radius 2 is 1.44 bits per heavy atom. The van der Waals surface area contributed by atoms with E-state index in [1.165, 1.54) is 5.56 Å². The molecule has 1 aromatic carbocycles. The topological polar surface area (TPSA) is 64.7 Å². The maximum absolute atomic E-state index is 12.5. The van der Waals surface area contributed by atoms with Crippen molar-refractivity contribution < 1.29 is 9.59 Å². The zero-order chi connectivity index (χ0) is 20.0. The van der Waals surface area contributed by atoms with E-state index >= 15 is 0 Å². The van der Waals surface area contributed by atoms with Crippen molar-refractivity contribution in [3.8, 4) is 0 Å². The number of amides is 2. The second kappa shape index (κ2) is 9.85. The molecule has 6 nitrogen and oxygen atoms in total. The van der Waals surface area contributed by atoms with Crippen LogP contribution >= 0.6 is 0 Å². The normalized spacial score (nSPS) is 16.8. The van der Waals surface area contributed by atoms with Crippen LogP contribution in [0, 0.1) is 20.8 Å². The highest BCUT2D eigenvalue weighted by Gasteiger charge is 2.21. The molecule has 2 amide bonds. The molecule has 1 atom stereocenters. The Balaban J connectivity index is 1.77. The lowest BCUT2D eigenvalue weighted by Crippen LogP contribution is -2.51. The number of anilines is 1. The number of nitrogens with one attached hydrogen (secondary N) is 2. The van der Waals surface area contributed by atoms with Crippen molar-refractivity contribution in [1.29, 1.82) is 0 Å². The van der Waals surface area contributed by atoms with Crippen LogP contribution in [0.2, 0.25) is 0 Å². The fraction of sp³-hybridized carbons (Fsp3) is 0.619. The molecule has 1 fully saturated rings. The third-order valence-electron chi connectivity index (χ3n) is 5.16. The van der Waals surface area contributed by atoms with Gasteiger partial charge in [0, 0.05) is 37.9 Å². The minimum atomic E-state index is 0.0213. The van der Waals surface area contributed by atoms with Crippen molar-refractivity contribution in [3.05, 3.63) is 28.8 Å². The number of carbonyl (C=O) groups excluding carboxylic acids is 2. The number of nitrogens with zero attached hydrogens (tertiary/aromatic N) is 2. The average Bonchev–Trinajstić information content (AvgIpc) is 2.59. The Kier molecular flexibility index (Phi) is 7.80. The molecule has 0 spiro atoms. The number of carbonyl (C=O) groups is 2. The van der Waals surface area contributed by atoms with E-state index in [1.807, 2.05) is 20.8 Å². The summed E-state index contributed by atoms with van der Waals surface area (Å²) in [5.41, 5.74) is 4.32. The number of hydrogen-bond donors (Lipinski definition) is 2. The first kappa shape index (κ1) is 21.4. The van der Waals surface area contributed by atoms with Crippen molar-refractivity contribution in [2.24, 2.45) is 0 Å². The molecule has 27 heavy (non-hydrogen) atoms. The fourth-order valence-electron chi connectivity index (χ4n) is 3.49. The van der Waals surface area contributed by atoms with Gasteiger partial charge >= 0.3 is 0 Å². The Morgan fingerprint density at radius 1 is 0.963 bits per heavy atom. The van der Waals surface area contributed by atoms with Crippen molar-refractivity contribution in [1.82, 2.24) is 15.1 Å². The monoisotopic (exact) mass is 374 g/mol. The van der Waals surface area contributed by atoms with E-state index < -0.39 is 0 Å². The molecule has 2 N–H and O–H groups in total. The molecule has 0 bridgehead atoms. The lowest BCUT2D eigenvalue weighted by Gasteiger charge is -2.34. The zero-order valence-electron chi connectivity index (χ0n) is 17.4. The van der Waals surface area contributed by atoms with Gasteiger partial charge in [0.15, 0.2) is 0 Å². The number of hydrogen-bond acceptors (Lipinski definition) is 4. The first-order valence-corrected chi connectivity index (χ1v) is 9.90. The largest absolute Gasteiger partial charge is 0.353 e. The van der Waals surface area contributed by atoms with E-state index in [4.69, 9.17) is 0 Å². The first-order chi connectivity index (χ1) is 12.8.